The van der Waals surface area contributed by atoms with Gasteiger partial charge < -0.3 is 0 Å². The Kier molecular flexibility index (Phi) is 2.56. The quantitative estimate of drug-likeness (QED) is 0.624. The zero-order valence-electron chi connectivity index (χ0n) is 6.77. The Labute approximate surface area is 78.6 Å². The number of hydrogen-bond donors (Lipinski definition) is 0. The first-order valence-electron chi connectivity index (χ1n) is 3.73. The highest BCUT2D eigenvalue weighted by atomic mass is 35.5. The third-order valence-electron chi connectivity index (χ3n) is 2.70. The minimum absolute atomic E-state index is 0.295. The summed E-state index contributed by atoms with van der Waals surface area (Å²) in [6, 6.07) is 0. The second-order valence-corrected chi connectivity index (χ2v) is 4.65. The van der Waals surface area contributed by atoms with Gasteiger partial charge in [-0.3, -0.25) is 0 Å². The van der Waals surface area contributed by atoms with E-state index in [2.05, 4.69) is 13.8 Å². The van der Waals surface area contributed by atoms with Gasteiger partial charge in [-0.1, -0.05) is 43.1 Å². The van der Waals surface area contributed by atoms with Crippen molar-refractivity contribution >= 4 is 23.2 Å². The first-order valence-corrected chi connectivity index (χ1v) is 4.48. The van der Waals surface area contributed by atoms with Gasteiger partial charge in [-0.25, -0.2) is 0 Å². The fourth-order valence-electron chi connectivity index (χ4n) is 1.70. The van der Waals surface area contributed by atoms with Crippen molar-refractivity contribution in [2.45, 2.75) is 20.3 Å². The molecule has 0 saturated heterocycles. The molecule has 0 spiro atoms. The van der Waals surface area contributed by atoms with Crippen molar-refractivity contribution in [3.8, 4) is 0 Å². The van der Waals surface area contributed by atoms with E-state index in [9.17, 15) is 0 Å². The summed E-state index contributed by atoms with van der Waals surface area (Å²) in [6.07, 6.45) is 2.61. The Balaban J connectivity index is 2.59. The average Bonchev–Trinajstić information content (AvgIpc) is 2.33. The van der Waals surface area contributed by atoms with Gasteiger partial charge in [-0.15, -0.1) is 0 Å². The molecule has 0 N–H and O–H groups in total. The molecule has 1 rings (SSSR count). The van der Waals surface area contributed by atoms with Gasteiger partial charge in [0.1, 0.15) is 4.49 Å². The topological polar surface area (TPSA) is 0 Å². The zero-order chi connectivity index (χ0) is 8.65. The van der Waals surface area contributed by atoms with Crippen LogP contribution in [-0.2, 0) is 0 Å². The van der Waals surface area contributed by atoms with Crippen molar-refractivity contribution in [2.24, 2.45) is 17.3 Å². The Morgan fingerprint density at radius 2 is 2.09 bits per heavy atom. The molecule has 2 atom stereocenters. The number of halogens is 2. The van der Waals surface area contributed by atoms with Gasteiger partial charge in [0.05, 0.1) is 0 Å². The molecule has 1 fully saturated rings. The van der Waals surface area contributed by atoms with Crippen LogP contribution in [0.2, 0.25) is 0 Å². The van der Waals surface area contributed by atoms with Crippen LogP contribution in [-0.4, -0.2) is 0 Å². The van der Waals surface area contributed by atoms with Crippen molar-refractivity contribution in [2.75, 3.05) is 0 Å². The van der Waals surface area contributed by atoms with Gasteiger partial charge in [0.2, 0.25) is 0 Å². The molecule has 0 aromatic heterocycles. The fourth-order valence-corrected chi connectivity index (χ4v) is 1.97. The predicted molar refractivity (Wildman–Crippen MR) is 49.5 cm³/mol. The first kappa shape index (κ1) is 9.41. The molecule has 0 aromatic carbocycles. The van der Waals surface area contributed by atoms with Gasteiger partial charge >= 0.3 is 0 Å². The number of allylic oxidation sites excluding steroid dienone is 1. The molecule has 0 amide bonds. The summed E-state index contributed by atoms with van der Waals surface area (Å²) in [5.41, 5.74) is 0.295. The Morgan fingerprint density at radius 3 is 2.36 bits per heavy atom. The van der Waals surface area contributed by atoms with E-state index in [4.69, 9.17) is 30.1 Å². The van der Waals surface area contributed by atoms with E-state index in [0.717, 1.165) is 6.42 Å². The summed E-state index contributed by atoms with van der Waals surface area (Å²) in [7, 11) is 0. The van der Waals surface area contributed by atoms with Crippen LogP contribution < -0.4 is 0 Å². The molecule has 0 bridgehead atoms. The van der Waals surface area contributed by atoms with Crippen LogP contribution in [0.25, 0.3) is 0 Å². The van der Waals surface area contributed by atoms with Gasteiger partial charge in [-0.2, -0.15) is 0 Å². The third kappa shape index (κ3) is 1.73. The molecule has 0 heterocycles. The first-order chi connectivity index (χ1) is 5.00. The molecule has 1 aliphatic carbocycles. The fraction of sp³-hybridized carbons (Fsp3) is 0.667. The van der Waals surface area contributed by atoms with Crippen LogP contribution in [0.3, 0.4) is 0 Å². The minimum Gasteiger partial charge on any atom is -0.0712 e. The van der Waals surface area contributed by atoms with E-state index in [1.807, 2.05) is 6.08 Å². The molecule has 62 valence electrons. The summed E-state index contributed by atoms with van der Waals surface area (Å²) in [5, 5.41) is 0. The molecule has 0 aromatic rings. The highest BCUT2D eigenvalue weighted by Crippen LogP contribution is 2.61. The maximum absolute atomic E-state index is 5.56. The Hall–Kier alpha value is 0.320. The minimum atomic E-state index is 0.295. The lowest BCUT2D eigenvalue weighted by Crippen LogP contribution is -1.88. The van der Waals surface area contributed by atoms with Crippen LogP contribution >= 0.6 is 23.2 Å². The van der Waals surface area contributed by atoms with Crippen molar-refractivity contribution in [3.05, 3.63) is 17.5 Å². The molecule has 0 aliphatic heterocycles. The summed E-state index contributed by atoms with van der Waals surface area (Å²) >= 11 is 11.1. The van der Waals surface area contributed by atoms with Crippen molar-refractivity contribution in [1.29, 1.82) is 0 Å². The van der Waals surface area contributed by atoms with E-state index in [0.29, 0.717) is 21.7 Å². The number of hydrogen-bond acceptors (Lipinski definition) is 0. The van der Waals surface area contributed by atoms with E-state index >= 15 is 0 Å². The zero-order valence-corrected chi connectivity index (χ0v) is 8.28. The van der Waals surface area contributed by atoms with E-state index in [1.165, 1.54) is 0 Å². The second kappa shape index (κ2) is 2.99. The smallest absolute Gasteiger partial charge is 0.0712 e. The summed E-state index contributed by atoms with van der Waals surface area (Å²) < 4.78 is 0.360. The highest BCUT2D eigenvalue weighted by Gasteiger charge is 2.54. The lowest BCUT2D eigenvalue weighted by atomic mass is 10.1. The Morgan fingerprint density at radius 1 is 1.55 bits per heavy atom. The molecule has 2 radical (unpaired) electrons. The standard InChI is InChI=1S/C9H12Cl2/c1-4-6-7(5-8(10)11)9(6,2)3/h1,5-7H,4H2,2-3H3/t6-,7+/m1/s1. The summed E-state index contributed by atoms with van der Waals surface area (Å²) in [4.78, 5) is 0. The van der Waals surface area contributed by atoms with E-state index in [1.54, 1.807) is 0 Å². The third-order valence-corrected chi connectivity index (χ3v) is 2.95. The average molecular weight is 191 g/mol. The molecule has 0 unspecified atom stereocenters. The van der Waals surface area contributed by atoms with Crippen LogP contribution in [0.1, 0.15) is 20.3 Å². The van der Waals surface area contributed by atoms with Gasteiger partial charge in [0, 0.05) is 0 Å². The van der Waals surface area contributed by atoms with Gasteiger partial charge in [0.15, 0.2) is 0 Å². The largest absolute Gasteiger partial charge is 0.103 e. The van der Waals surface area contributed by atoms with Gasteiger partial charge in [-0.05, 0) is 30.6 Å². The maximum Gasteiger partial charge on any atom is 0.103 e. The maximum atomic E-state index is 5.56. The van der Waals surface area contributed by atoms with Crippen molar-refractivity contribution < 1.29 is 0 Å². The lowest BCUT2D eigenvalue weighted by molar-refractivity contribution is 0.553. The normalized spacial score (nSPS) is 33.2. The van der Waals surface area contributed by atoms with Crippen LogP contribution in [0.5, 0.6) is 0 Å². The SMILES string of the molecule is [CH]C[C@@H]1[C@H](C=C(Cl)Cl)C1(C)C. The monoisotopic (exact) mass is 190 g/mol. The molecule has 1 saturated carbocycles. The van der Waals surface area contributed by atoms with E-state index in [-0.39, 0.29) is 0 Å². The van der Waals surface area contributed by atoms with Crippen LogP contribution in [0.4, 0.5) is 0 Å². The van der Waals surface area contributed by atoms with Gasteiger partial charge in [0.25, 0.3) is 0 Å². The van der Waals surface area contributed by atoms with Crippen molar-refractivity contribution in [3.63, 3.8) is 0 Å². The summed E-state index contributed by atoms with van der Waals surface area (Å²) in [6.45, 7) is 9.93. The van der Waals surface area contributed by atoms with Crippen LogP contribution in [0, 0.1) is 24.2 Å². The van der Waals surface area contributed by atoms with Crippen LogP contribution in [0.15, 0.2) is 10.6 Å². The second-order valence-electron chi connectivity index (χ2n) is 3.65. The molecular weight excluding hydrogens is 179 g/mol. The summed E-state index contributed by atoms with van der Waals surface area (Å²) in [5.74, 6) is 1.02. The molecule has 1 aliphatic rings. The number of rotatable bonds is 2. The molecular formula is C9H12Cl2. The Bertz CT molecular complexity index is 178. The molecule has 11 heavy (non-hydrogen) atoms. The molecule has 2 heteroatoms. The van der Waals surface area contributed by atoms with E-state index < -0.39 is 0 Å². The molecule has 0 nitrogen and oxygen atoms in total. The predicted octanol–water partition coefficient (Wildman–Crippen LogP) is 3.68. The van der Waals surface area contributed by atoms with Crippen molar-refractivity contribution in [1.82, 2.24) is 0 Å². The highest BCUT2D eigenvalue weighted by molar-refractivity contribution is 6.55. The lowest BCUT2D eigenvalue weighted by Gasteiger charge is -1.97.